The van der Waals surface area contributed by atoms with Crippen LogP contribution in [0.3, 0.4) is 0 Å². The highest BCUT2D eigenvalue weighted by molar-refractivity contribution is 7.13. The van der Waals surface area contributed by atoms with Crippen LogP contribution in [0, 0.1) is 5.92 Å². The van der Waals surface area contributed by atoms with Crippen molar-refractivity contribution in [3.8, 4) is 16.3 Å². The molecule has 0 saturated heterocycles. The third-order valence-electron chi connectivity index (χ3n) is 8.60. The van der Waals surface area contributed by atoms with E-state index in [-0.39, 0.29) is 48.2 Å². The number of nitrogens with one attached hydrogen (secondary N) is 2. The van der Waals surface area contributed by atoms with E-state index in [2.05, 4.69) is 15.6 Å². The van der Waals surface area contributed by atoms with Crippen LogP contribution in [0.5, 0.6) is 5.75 Å². The van der Waals surface area contributed by atoms with E-state index < -0.39 is 12.1 Å². The molecule has 5 aromatic rings. The molecular weight excluding hydrogens is 627 g/mol. The predicted molar refractivity (Wildman–Crippen MR) is 189 cm³/mol. The summed E-state index contributed by atoms with van der Waals surface area (Å²) in [4.78, 5) is 48.3. The van der Waals surface area contributed by atoms with Crippen molar-refractivity contribution in [2.24, 2.45) is 5.92 Å². The number of nitrogens with zero attached hydrogens (tertiary/aromatic N) is 3. The standard InChI is InChI=1S/C37H37N5O5S/c1-23-20-42(24(2)22-43)36(45)29-11-7-13-31(39-34(44)26-14-16-27(17-15-26)35-38-18-19-48-35)33(29)47-32(23)21-41(3)37(46)40-30-12-6-9-25-8-4-5-10-28(25)30/h4-19,23-24,32,43H,20-22H2,1-3H3,(H,39,44)(H,40,46)/t23-,24-,32-/m0/s1. The summed E-state index contributed by atoms with van der Waals surface area (Å²) >= 11 is 1.51. The fraction of sp³-hybridized carbons (Fsp3) is 0.243. The Hall–Kier alpha value is -5.26. The van der Waals surface area contributed by atoms with Crippen LogP contribution in [-0.4, -0.2) is 76.6 Å². The number of aliphatic hydroxyl groups is 1. The monoisotopic (exact) mass is 663 g/mol. The number of urea groups is 1. The van der Waals surface area contributed by atoms with Crippen molar-refractivity contribution in [1.29, 1.82) is 0 Å². The van der Waals surface area contributed by atoms with Crippen molar-refractivity contribution >= 4 is 51.3 Å². The van der Waals surface area contributed by atoms with E-state index in [1.165, 1.54) is 11.3 Å². The van der Waals surface area contributed by atoms with Gasteiger partial charge in [0.15, 0.2) is 5.75 Å². The second-order valence-corrected chi connectivity index (χ2v) is 12.9. The summed E-state index contributed by atoms with van der Waals surface area (Å²) in [6.07, 6.45) is 1.17. The number of thiazole rings is 1. The minimum atomic E-state index is -0.566. The first kappa shape index (κ1) is 32.7. The van der Waals surface area contributed by atoms with E-state index in [1.54, 1.807) is 60.3 Å². The van der Waals surface area contributed by atoms with Crippen LogP contribution in [0.2, 0.25) is 0 Å². The van der Waals surface area contributed by atoms with Crippen molar-refractivity contribution in [3.05, 3.63) is 108 Å². The van der Waals surface area contributed by atoms with Crippen molar-refractivity contribution in [3.63, 3.8) is 0 Å². The zero-order valence-corrected chi connectivity index (χ0v) is 27.7. The summed E-state index contributed by atoms with van der Waals surface area (Å²) in [7, 11) is 1.69. The Labute approximate surface area is 283 Å². The molecule has 11 heteroatoms. The van der Waals surface area contributed by atoms with Gasteiger partial charge in [0, 0.05) is 47.6 Å². The van der Waals surface area contributed by atoms with Crippen molar-refractivity contribution in [2.75, 3.05) is 37.4 Å². The smallest absolute Gasteiger partial charge is 0.321 e. The highest BCUT2D eigenvalue weighted by Gasteiger charge is 2.35. The van der Waals surface area contributed by atoms with Gasteiger partial charge in [-0.25, -0.2) is 9.78 Å². The summed E-state index contributed by atoms with van der Waals surface area (Å²) in [6, 6.07) is 25.0. The molecule has 1 aromatic heterocycles. The van der Waals surface area contributed by atoms with Gasteiger partial charge in [0.1, 0.15) is 11.1 Å². The molecule has 1 aliphatic heterocycles. The van der Waals surface area contributed by atoms with E-state index in [0.717, 1.165) is 21.3 Å². The van der Waals surface area contributed by atoms with Crippen LogP contribution in [0.25, 0.3) is 21.3 Å². The highest BCUT2D eigenvalue weighted by Crippen LogP contribution is 2.35. The Morgan fingerprint density at radius 3 is 2.50 bits per heavy atom. The molecule has 0 unspecified atom stereocenters. The van der Waals surface area contributed by atoms with Crippen LogP contribution >= 0.6 is 11.3 Å². The first-order valence-electron chi connectivity index (χ1n) is 15.8. The van der Waals surface area contributed by atoms with Crippen LogP contribution in [0.4, 0.5) is 16.2 Å². The first-order valence-corrected chi connectivity index (χ1v) is 16.6. The summed E-state index contributed by atoms with van der Waals surface area (Å²) in [6.45, 7) is 3.99. The van der Waals surface area contributed by atoms with Gasteiger partial charge >= 0.3 is 6.03 Å². The maximum atomic E-state index is 13.9. The number of hydrogen-bond acceptors (Lipinski definition) is 7. The van der Waals surface area contributed by atoms with E-state index in [1.807, 2.05) is 66.9 Å². The number of amides is 4. The second-order valence-electron chi connectivity index (χ2n) is 12.0. The van der Waals surface area contributed by atoms with Gasteiger partial charge in [0.2, 0.25) is 0 Å². The lowest BCUT2D eigenvalue weighted by molar-refractivity contribution is 0.0372. The average Bonchev–Trinajstić information content (AvgIpc) is 3.65. The number of hydrogen-bond donors (Lipinski definition) is 3. The molecular formula is C37H37N5O5S. The summed E-state index contributed by atoms with van der Waals surface area (Å²) in [5, 5.41) is 20.7. The number of aromatic nitrogens is 1. The molecule has 0 fully saturated rings. The highest BCUT2D eigenvalue weighted by atomic mass is 32.1. The van der Waals surface area contributed by atoms with Crippen molar-refractivity contribution in [1.82, 2.24) is 14.8 Å². The van der Waals surface area contributed by atoms with Crippen LogP contribution < -0.4 is 15.4 Å². The van der Waals surface area contributed by atoms with Gasteiger partial charge in [-0.05, 0) is 42.6 Å². The molecule has 48 heavy (non-hydrogen) atoms. The maximum absolute atomic E-state index is 13.9. The third-order valence-corrected chi connectivity index (χ3v) is 9.42. The number of para-hydroxylation sites is 1. The Morgan fingerprint density at radius 1 is 1.02 bits per heavy atom. The number of fused-ring (bicyclic) bond motifs is 2. The molecule has 10 nitrogen and oxygen atoms in total. The number of rotatable bonds is 8. The van der Waals surface area contributed by atoms with Gasteiger partial charge < -0.3 is 30.3 Å². The topological polar surface area (TPSA) is 124 Å². The van der Waals surface area contributed by atoms with E-state index in [4.69, 9.17) is 4.74 Å². The quantitative estimate of drug-likeness (QED) is 0.172. The van der Waals surface area contributed by atoms with Gasteiger partial charge in [-0.1, -0.05) is 61.5 Å². The summed E-state index contributed by atoms with van der Waals surface area (Å²) < 4.78 is 6.61. The second kappa shape index (κ2) is 14.2. The molecule has 0 radical (unpaired) electrons. The van der Waals surface area contributed by atoms with E-state index in [9.17, 15) is 19.5 Å². The lowest BCUT2D eigenvalue weighted by atomic mass is 9.99. The largest absolute Gasteiger partial charge is 0.485 e. The molecule has 0 bridgehead atoms. The van der Waals surface area contributed by atoms with Crippen molar-refractivity contribution < 1.29 is 24.2 Å². The number of benzene rings is 4. The number of aliphatic hydroxyl groups excluding tert-OH is 1. The van der Waals surface area contributed by atoms with Crippen LogP contribution in [0.1, 0.15) is 34.6 Å². The van der Waals surface area contributed by atoms with Gasteiger partial charge in [0.25, 0.3) is 11.8 Å². The average molecular weight is 664 g/mol. The molecule has 0 aliphatic carbocycles. The summed E-state index contributed by atoms with van der Waals surface area (Å²) in [5.41, 5.74) is 2.61. The zero-order valence-electron chi connectivity index (χ0n) is 26.9. The number of anilines is 2. The SMILES string of the molecule is C[C@H]1CN([C@@H](C)CO)C(=O)c2cccc(NC(=O)c3ccc(-c4nccs4)cc3)c2O[C@H]1CN(C)C(=O)Nc1cccc2ccccc12. The first-order chi connectivity index (χ1) is 23.2. The zero-order chi connectivity index (χ0) is 33.8. The Balaban J connectivity index is 1.27. The Kier molecular flexibility index (Phi) is 9.70. The lowest BCUT2D eigenvalue weighted by Crippen LogP contribution is -2.50. The molecule has 1 aliphatic rings. The van der Waals surface area contributed by atoms with Crippen LogP contribution in [-0.2, 0) is 0 Å². The minimum Gasteiger partial charge on any atom is -0.485 e. The van der Waals surface area contributed by atoms with Crippen molar-refractivity contribution in [2.45, 2.75) is 26.0 Å². The Morgan fingerprint density at radius 2 is 1.75 bits per heavy atom. The van der Waals surface area contributed by atoms with E-state index >= 15 is 0 Å². The molecule has 4 amide bonds. The van der Waals surface area contributed by atoms with Gasteiger partial charge in [-0.3, -0.25) is 9.59 Å². The number of carbonyl (C=O) groups excluding carboxylic acids is 3. The number of carbonyl (C=O) groups is 3. The fourth-order valence-corrected chi connectivity index (χ4v) is 6.43. The fourth-order valence-electron chi connectivity index (χ4n) is 5.78. The molecule has 3 atom stereocenters. The molecule has 3 N–H and O–H groups in total. The third kappa shape index (κ3) is 6.87. The molecule has 246 valence electrons. The van der Waals surface area contributed by atoms with Crippen LogP contribution in [0.15, 0.2) is 96.5 Å². The predicted octanol–water partition coefficient (Wildman–Crippen LogP) is 6.60. The molecule has 4 aromatic carbocycles. The lowest BCUT2D eigenvalue weighted by Gasteiger charge is -2.38. The van der Waals surface area contributed by atoms with Gasteiger partial charge in [-0.2, -0.15) is 0 Å². The minimum absolute atomic E-state index is 0.188. The van der Waals surface area contributed by atoms with Gasteiger partial charge in [0.05, 0.1) is 36.1 Å². The Bertz CT molecular complexity index is 1930. The maximum Gasteiger partial charge on any atom is 0.321 e. The molecule has 6 rings (SSSR count). The number of likely N-dealkylation sites (N-methyl/N-ethyl adjacent to an activating group) is 1. The van der Waals surface area contributed by atoms with Gasteiger partial charge in [-0.15, -0.1) is 11.3 Å². The molecule has 0 spiro atoms. The molecule has 0 saturated carbocycles. The van der Waals surface area contributed by atoms with E-state index in [0.29, 0.717) is 23.5 Å². The molecule has 2 heterocycles. The normalized spacial score (nSPS) is 16.7. The summed E-state index contributed by atoms with van der Waals surface area (Å²) in [5.74, 6) is -0.720. The number of ether oxygens (including phenoxy) is 1.